The highest BCUT2D eigenvalue weighted by Crippen LogP contribution is 2.20. The smallest absolute Gasteiger partial charge is 0.0887 e. The molecule has 0 saturated carbocycles. The first-order chi connectivity index (χ1) is 14.3. The van der Waals surface area contributed by atoms with E-state index in [9.17, 15) is 0 Å². The van der Waals surface area contributed by atoms with E-state index in [2.05, 4.69) is 30.0 Å². The lowest BCUT2D eigenvalue weighted by atomic mass is 10.1. The van der Waals surface area contributed by atoms with Gasteiger partial charge in [0.2, 0.25) is 0 Å². The van der Waals surface area contributed by atoms with E-state index >= 15 is 0 Å². The number of likely N-dealkylation sites (tertiary alicyclic amines) is 1. The predicted molar refractivity (Wildman–Crippen MR) is 121 cm³/mol. The van der Waals surface area contributed by atoms with Crippen molar-refractivity contribution in [2.24, 2.45) is 0 Å². The molecule has 0 unspecified atom stereocenters. The number of nitrogens with zero attached hydrogens (tertiary/aromatic N) is 2. The van der Waals surface area contributed by atoms with E-state index in [1.54, 1.807) is 7.11 Å². The average molecular weight is 405 g/mol. The van der Waals surface area contributed by atoms with Crippen molar-refractivity contribution in [3.05, 3.63) is 29.6 Å². The zero-order chi connectivity index (χ0) is 20.6. The molecule has 0 radical (unpaired) electrons. The third kappa shape index (κ3) is 10.6. The standard InChI is InChI=1S/C25H44N2O2/c1-3-4-5-6-7-8-9-10-11-12-19-29-21-24-16-13-15-23(26-24)20-27-18-14-17-25(27)22-28-2/h13,15-16,25H,3-12,14,17-22H2,1-2H3/t25-/m0/s1. The lowest BCUT2D eigenvalue weighted by Crippen LogP contribution is -2.32. The Bertz CT molecular complexity index is 523. The summed E-state index contributed by atoms with van der Waals surface area (Å²) in [7, 11) is 1.79. The van der Waals surface area contributed by atoms with Gasteiger partial charge in [0.15, 0.2) is 0 Å². The predicted octanol–water partition coefficient (Wildman–Crippen LogP) is 6.13. The Morgan fingerprint density at radius 2 is 1.66 bits per heavy atom. The molecule has 1 saturated heterocycles. The van der Waals surface area contributed by atoms with Crippen LogP contribution in [0.3, 0.4) is 0 Å². The molecule has 0 aromatic carbocycles. The van der Waals surface area contributed by atoms with Crippen molar-refractivity contribution in [3.8, 4) is 0 Å². The molecule has 1 aliphatic heterocycles. The second-order valence-corrected chi connectivity index (χ2v) is 8.58. The number of pyridine rings is 1. The highest BCUT2D eigenvalue weighted by Gasteiger charge is 2.24. The van der Waals surface area contributed by atoms with Crippen LogP contribution in [0.2, 0.25) is 0 Å². The van der Waals surface area contributed by atoms with Gasteiger partial charge in [-0.1, -0.05) is 70.8 Å². The summed E-state index contributed by atoms with van der Waals surface area (Å²) in [5.74, 6) is 0. The SMILES string of the molecule is CCCCCCCCCCCCOCc1cccc(CN2CCC[C@H]2COC)n1. The summed E-state index contributed by atoms with van der Waals surface area (Å²) < 4.78 is 11.2. The molecule has 1 aliphatic rings. The third-order valence-electron chi connectivity index (χ3n) is 5.98. The van der Waals surface area contributed by atoms with Crippen molar-refractivity contribution in [3.63, 3.8) is 0 Å². The summed E-state index contributed by atoms with van der Waals surface area (Å²) in [6, 6.07) is 6.87. The summed E-state index contributed by atoms with van der Waals surface area (Å²) in [6.45, 7) is 6.65. The molecule has 1 aromatic rings. The van der Waals surface area contributed by atoms with Crippen molar-refractivity contribution < 1.29 is 9.47 Å². The van der Waals surface area contributed by atoms with E-state index in [-0.39, 0.29) is 0 Å². The third-order valence-corrected chi connectivity index (χ3v) is 5.98. The molecule has 1 aromatic heterocycles. The van der Waals surface area contributed by atoms with Crippen LogP contribution in [0.15, 0.2) is 18.2 Å². The van der Waals surface area contributed by atoms with Gasteiger partial charge >= 0.3 is 0 Å². The highest BCUT2D eigenvalue weighted by molar-refractivity contribution is 5.11. The van der Waals surface area contributed by atoms with Crippen molar-refractivity contribution in [1.29, 1.82) is 0 Å². The Morgan fingerprint density at radius 1 is 0.966 bits per heavy atom. The van der Waals surface area contributed by atoms with E-state index in [0.717, 1.165) is 37.7 Å². The molecule has 0 N–H and O–H groups in total. The molecule has 4 heteroatoms. The van der Waals surface area contributed by atoms with Crippen LogP contribution in [0, 0.1) is 0 Å². The number of hydrogen-bond donors (Lipinski definition) is 0. The Labute approximate surface area is 179 Å². The summed E-state index contributed by atoms with van der Waals surface area (Å²) in [5.41, 5.74) is 2.20. The van der Waals surface area contributed by atoms with E-state index in [4.69, 9.17) is 14.5 Å². The molecule has 166 valence electrons. The molecule has 0 aliphatic carbocycles. The fourth-order valence-electron chi connectivity index (χ4n) is 4.26. The molecule has 2 rings (SSSR count). The van der Waals surface area contributed by atoms with Gasteiger partial charge in [-0.15, -0.1) is 0 Å². The number of rotatable bonds is 17. The second kappa shape index (κ2) is 15.8. The van der Waals surface area contributed by atoms with Gasteiger partial charge in [-0.25, -0.2) is 0 Å². The normalized spacial score (nSPS) is 17.2. The zero-order valence-electron chi connectivity index (χ0n) is 19.0. The number of ether oxygens (including phenoxy) is 2. The first kappa shape index (κ1) is 24.3. The maximum Gasteiger partial charge on any atom is 0.0887 e. The first-order valence-corrected chi connectivity index (χ1v) is 12.1. The zero-order valence-corrected chi connectivity index (χ0v) is 19.0. The van der Waals surface area contributed by atoms with Crippen molar-refractivity contribution in [1.82, 2.24) is 9.88 Å². The van der Waals surface area contributed by atoms with Crippen LogP contribution < -0.4 is 0 Å². The number of unbranched alkanes of at least 4 members (excludes halogenated alkanes) is 9. The van der Waals surface area contributed by atoms with Crippen LogP contribution in [0.25, 0.3) is 0 Å². The Hall–Kier alpha value is -0.970. The lowest BCUT2D eigenvalue weighted by molar-refractivity contribution is 0.109. The highest BCUT2D eigenvalue weighted by atomic mass is 16.5. The first-order valence-electron chi connectivity index (χ1n) is 12.1. The summed E-state index contributed by atoms with van der Waals surface area (Å²) in [4.78, 5) is 7.31. The molecule has 0 amide bonds. The average Bonchev–Trinajstić information content (AvgIpc) is 3.16. The molecular weight excluding hydrogens is 360 g/mol. The van der Waals surface area contributed by atoms with Gasteiger partial charge in [-0.2, -0.15) is 0 Å². The van der Waals surface area contributed by atoms with E-state index in [0.29, 0.717) is 12.6 Å². The number of hydrogen-bond acceptors (Lipinski definition) is 4. The van der Waals surface area contributed by atoms with Crippen LogP contribution in [0.5, 0.6) is 0 Å². The minimum atomic E-state index is 0.540. The van der Waals surface area contributed by atoms with Crippen LogP contribution in [-0.2, 0) is 22.6 Å². The molecule has 0 spiro atoms. The van der Waals surface area contributed by atoms with Crippen LogP contribution >= 0.6 is 0 Å². The minimum Gasteiger partial charge on any atom is -0.383 e. The quantitative estimate of drug-likeness (QED) is 0.293. The Kier molecular flexibility index (Phi) is 13.3. The topological polar surface area (TPSA) is 34.6 Å². The minimum absolute atomic E-state index is 0.540. The molecule has 1 fully saturated rings. The molecule has 1 atom stereocenters. The summed E-state index contributed by atoms with van der Waals surface area (Å²) >= 11 is 0. The van der Waals surface area contributed by atoms with Gasteiger partial charge in [0.05, 0.1) is 24.6 Å². The van der Waals surface area contributed by atoms with Crippen molar-refractivity contribution >= 4 is 0 Å². The van der Waals surface area contributed by atoms with Gasteiger partial charge in [0.1, 0.15) is 0 Å². The Balaban J connectivity index is 1.52. The van der Waals surface area contributed by atoms with E-state index in [1.807, 2.05) is 0 Å². The fraction of sp³-hybridized carbons (Fsp3) is 0.800. The maximum absolute atomic E-state index is 5.88. The van der Waals surface area contributed by atoms with Crippen molar-refractivity contribution in [2.75, 3.05) is 26.9 Å². The molecule has 4 nitrogen and oxygen atoms in total. The number of methoxy groups -OCH3 is 1. The van der Waals surface area contributed by atoms with Gasteiger partial charge in [0, 0.05) is 26.3 Å². The maximum atomic E-state index is 5.88. The van der Waals surface area contributed by atoms with Crippen LogP contribution in [0.1, 0.15) is 95.4 Å². The molecule has 2 heterocycles. The largest absolute Gasteiger partial charge is 0.383 e. The lowest BCUT2D eigenvalue weighted by Gasteiger charge is -2.23. The summed E-state index contributed by atoms with van der Waals surface area (Å²) in [6.07, 6.45) is 16.1. The Morgan fingerprint density at radius 3 is 2.38 bits per heavy atom. The van der Waals surface area contributed by atoms with E-state index < -0.39 is 0 Å². The van der Waals surface area contributed by atoms with Gasteiger partial charge in [-0.3, -0.25) is 9.88 Å². The van der Waals surface area contributed by atoms with Gasteiger partial charge < -0.3 is 9.47 Å². The van der Waals surface area contributed by atoms with Crippen molar-refractivity contribution in [2.45, 2.75) is 103 Å². The van der Waals surface area contributed by atoms with Crippen LogP contribution in [0.4, 0.5) is 0 Å². The van der Waals surface area contributed by atoms with Gasteiger partial charge in [-0.05, 0) is 37.9 Å². The van der Waals surface area contributed by atoms with Crippen LogP contribution in [-0.4, -0.2) is 42.8 Å². The van der Waals surface area contributed by atoms with Gasteiger partial charge in [0.25, 0.3) is 0 Å². The molecular formula is C25H44N2O2. The van der Waals surface area contributed by atoms with E-state index in [1.165, 1.54) is 77.0 Å². The second-order valence-electron chi connectivity index (χ2n) is 8.58. The monoisotopic (exact) mass is 404 g/mol. The molecule has 0 bridgehead atoms. The molecule has 29 heavy (non-hydrogen) atoms. The summed E-state index contributed by atoms with van der Waals surface area (Å²) in [5, 5.41) is 0. The fourth-order valence-corrected chi connectivity index (χ4v) is 4.26. The number of aromatic nitrogens is 1.